The van der Waals surface area contributed by atoms with E-state index in [2.05, 4.69) is 39.9 Å². The number of nitrogens with one attached hydrogen (secondary N) is 2. The highest BCUT2D eigenvalue weighted by Gasteiger charge is 2.13. The minimum atomic E-state index is 0.562. The average Bonchev–Trinajstić information content (AvgIpc) is 3.02. The third-order valence-corrected chi connectivity index (χ3v) is 3.82. The Kier molecular flexibility index (Phi) is 3.97. The van der Waals surface area contributed by atoms with E-state index in [1.54, 1.807) is 0 Å². The van der Waals surface area contributed by atoms with Crippen molar-refractivity contribution in [3.63, 3.8) is 0 Å². The van der Waals surface area contributed by atoms with Gasteiger partial charge in [0.15, 0.2) is 0 Å². The lowest BCUT2D eigenvalue weighted by molar-refractivity contribution is 0.393. The number of aromatic nitrogens is 2. The van der Waals surface area contributed by atoms with Crippen molar-refractivity contribution in [2.45, 2.75) is 19.8 Å². The third-order valence-electron chi connectivity index (χ3n) is 3.82. The van der Waals surface area contributed by atoms with Crippen molar-refractivity contribution in [1.82, 2.24) is 15.5 Å². The standard InChI is InChI=1S/C15H20N4O/c1-11-4-5-13(15-19-18-10-20-15)7-14(11)17-9-12-3-2-6-16-8-12/h4-5,7,10,12,16-17H,2-3,6,8-9H2,1H3. The van der Waals surface area contributed by atoms with Gasteiger partial charge in [-0.2, -0.15) is 0 Å². The number of benzene rings is 1. The van der Waals surface area contributed by atoms with Gasteiger partial charge in [-0.15, -0.1) is 10.2 Å². The van der Waals surface area contributed by atoms with Crippen molar-refractivity contribution in [3.05, 3.63) is 30.2 Å². The van der Waals surface area contributed by atoms with Crippen LogP contribution in [-0.4, -0.2) is 29.8 Å². The summed E-state index contributed by atoms with van der Waals surface area (Å²) in [5.41, 5.74) is 3.33. The highest BCUT2D eigenvalue weighted by atomic mass is 16.4. The molecule has 1 aliphatic heterocycles. The lowest BCUT2D eigenvalue weighted by Crippen LogP contribution is -2.33. The second-order valence-corrected chi connectivity index (χ2v) is 5.37. The lowest BCUT2D eigenvalue weighted by Gasteiger charge is -2.23. The Bertz CT molecular complexity index is 547. The molecule has 0 bridgehead atoms. The van der Waals surface area contributed by atoms with Crippen LogP contribution < -0.4 is 10.6 Å². The van der Waals surface area contributed by atoms with Gasteiger partial charge in [-0.05, 0) is 56.5 Å². The molecule has 0 saturated carbocycles. The molecule has 1 unspecified atom stereocenters. The van der Waals surface area contributed by atoms with E-state index < -0.39 is 0 Å². The van der Waals surface area contributed by atoms with Crippen LogP contribution >= 0.6 is 0 Å². The van der Waals surface area contributed by atoms with Crippen LogP contribution in [0.3, 0.4) is 0 Å². The Hall–Kier alpha value is -1.88. The van der Waals surface area contributed by atoms with Crippen LogP contribution in [0.25, 0.3) is 11.5 Å². The molecule has 20 heavy (non-hydrogen) atoms. The number of nitrogens with zero attached hydrogens (tertiary/aromatic N) is 2. The quantitative estimate of drug-likeness (QED) is 0.895. The van der Waals surface area contributed by atoms with Gasteiger partial charge in [-0.1, -0.05) is 6.07 Å². The smallest absolute Gasteiger partial charge is 0.247 e. The molecule has 2 heterocycles. The predicted molar refractivity (Wildman–Crippen MR) is 78.6 cm³/mol. The fraction of sp³-hybridized carbons (Fsp3) is 0.467. The molecule has 1 aromatic carbocycles. The minimum Gasteiger partial charge on any atom is -0.423 e. The summed E-state index contributed by atoms with van der Waals surface area (Å²) >= 11 is 0. The maximum Gasteiger partial charge on any atom is 0.247 e. The molecule has 2 aromatic rings. The molecule has 2 N–H and O–H groups in total. The first-order chi connectivity index (χ1) is 9.83. The average molecular weight is 272 g/mol. The molecule has 0 aliphatic carbocycles. The van der Waals surface area contributed by atoms with E-state index in [-0.39, 0.29) is 0 Å². The highest BCUT2D eigenvalue weighted by molar-refractivity contribution is 5.64. The molecular formula is C15H20N4O. The molecule has 5 nitrogen and oxygen atoms in total. The summed E-state index contributed by atoms with van der Waals surface area (Å²) in [6, 6.07) is 6.18. The maximum absolute atomic E-state index is 5.25. The van der Waals surface area contributed by atoms with Gasteiger partial charge in [0.25, 0.3) is 0 Å². The number of hydrogen-bond acceptors (Lipinski definition) is 5. The van der Waals surface area contributed by atoms with Crippen LogP contribution in [0.15, 0.2) is 29.0 Å². The van der Waals surface area contributed by atoms with Crippen molar-refractivity contribution in [1.29, 1.82) is 0 Å². The zero-order valence-electron chi connectivity index (χ0n) is 11.7. The Morgan fingerprint density at radius 2 is 2.40 bits per heavy atom. The first-order valence-corrected chi connectivity index (χ1v) is 7.15. The highest BCUT2D eigenvalue weighted by Crippen LogP contribution is 2.24. The molecule has 0 spiro atoms. The second-order valence-electron chi connectivity index (χ2n) is 5.37. The van der Waals surface area contributed by atoms with Crippen LogP contribution in [-0.2, 0) is 0 Å². The maximum atomic E-state index is 5.25. The van der Waals surface area contributed by atoms with Gasteiger partial charge in [0.2, 0.25) is 12.3 Å². The van der Waals surface area contributed by atoms with Gasteiger partial charge >= 0.3 is 0 Å². The lowest BCUT2D eigenvalue weighted by atomic mass is 9.99. The second kappa shape index (κ2) is 6.05. The van der Waals surface area contributed by atoms with E-state index in [1.807, 2.05) is 6.07 Å². The zero-order chi connectivity index (χ0) is 13.8. The van der Waals surface area contributed by atoms with Crippen molar-refractivity contribution in [2.24, 2.45) is 5.92 Å². The molecule has 1 aliphatic rings. The van der Waals surface area contributed by atoms with Crippen LogP contribution in [0.1, 0.15) is 18.4 Å². The molecule has 1 fully saturated rings. The van der Waals surface area contributed by atoms with Gasteiger partial charge in [0.1, 0.15) is 0 Å². The Morgan fingerprint density at radius 3 is 3.15 bits per heavy atom. The molecule has 0 radical (unpaired) electrons. The number of hydrogen-bond donors (Lipinski definition) is 2. The van der Waals surface area contributed by atoms with E-state index in [0.29, 0.717) is 11.8 Å². The van der Waals surface area contributed by atoms with Gasteiger partial charge in [0, 0.05) is 17.8 Å². The predicted octanol–water partition coefficient (Wildman–Crippen LogP) is 2.46. The summed E-state index contributed by atoms with van der Waals surface area (Å²) in [4.78, 5) is 0. The summed E-state index contributed by atoms with van der Waals surface area (Å²) in [5.74, 6) is 1.27. The third kappa shape index (κ3) is 2.99. The van der Waals surface area contributed by atoms with E-state index in [9.17, 15) is 0 Å². The molecule has 1 aromatic heterocycles. The first kappa shape index (κ1) is 13.1. The fourth-order valence-corrected chi connectivity index (χ4v) is 2.60. The fourth-order valence-electron chi connectivity index (χ4n) is 2.60. The largest absolute Gasteiger partial charge is 0.423 e. The summed E-state index contributed by atoms with van der Waals surface area (Å²) in [6.45, 7) is 5.37. The van der Waals surface area contributed by atoms with Gasteiger partial charge in [-0.3, -0.25) is 0 Å². The summed E-state index contributed by atoms with van der Waals surface area (Å²) < 4.78 is 5.25. The van der Waals surface area contributed by atoms with Crippen LogP contribution in [0.2, 0.25) is 0 Å². The monoisotopic (exact) mass is 272 g/mol. The summed E-state index contributed by atoms with van der Waals surface area (Å²) in [6.07, 6.45) is 3.92. The Morgan fingerprint density at radius 1 is 1.45 bits per heavy atom. The number of piperidine rings is 1. The summed E-state index contributed by atoms with van der Waals surface area (Å²) in [7, 11) is 0. The molecule has 1 atom stereocenters. The molecule has 3 rings (SSSR count). The van der Waals surface area contributed by atoms with Crippen LogP contribution in [0.4, 0.5) is 5.69 Å². The Balaban J connectivity index is 1.70. The van der Waals surface area contributed by atoms with E-state index in [1.165, 1.54) is 24.8 Å². The van der Waals surface area contributed by atoms with Gasteiger partial charge in [-0.25, -0.2) is 0 Å². The van der Waals surface area contributed by atoms with Crippen LogP contribution in [0.5, 0.6) is 0 Å². The topological polar surface area (TPSA) is 63.0 Å². The van der Waals surface area contributed by atoms with Gasteiger partial charge < -0.3 is 15.1 Å². The SMILES string of the molecule is Cc1ccc(-c2nnco2)cc1NCC1CCCNC1. The van der Waals surface area contributed by atoms with Crippen molar-refractivity contribution in [3.8, 4) is 11.5 Å². The molecule has 1 saturated heterocycles. The summed E-state index contributed by atoms with van der Waals surface area (Å²) in [5, 5.41) is 14.7. The van der Waals surface area contributed by atoms with E-state index in [0.717, 1.165) is 30.9 Å². The number of aryl methyl sites for hydroxylation is 1. The molecule has 0 amide bonds. The number of rotatable bonds is 4. The van der Waals surface area contributed by atoms with Gasteiger partial charge in [0.05, 0.1) is 0 Å². The van der Waals surface area contributed by atoms with Crippen LogP contribution in [0, 0.1) is 12.8 Å². The Labute approximate surface area is 118 Å². The van der Waals surface area contributed by atoms with Crippen molar-refractivity contribution < 1.29 is 4.42 Å². The van der Waals surface area contributed by atoms with Crippen molar-refractivity contribution >= 4 is 5.69 Å². The first-order valence-electron chi connectivity index (χ1n) is 7.15. The number of anilines is 1. The minimum absolute atomic E-state index is 0.562. The molecule has 106 valence electrons. The molecular weight excluding hydrogens is 252 g/mol. The zero-order valence-corrected chi connectivity index (χ0v) is 11.7. The van der Waals surface area contributed by atoms with Crippen molar-refractivity contribution in [2.75, 3.05) is 25.0 Å². The normalized spacial score (nSPS) is 18.9. The molecule has 5 heteroatoms. The van der Waals surface area contributed by atoms with E-state index in [4.69, 9.17) is 4.42 Å². The van der Waals surface area contributed by atoms with E-state index >= 15 is 0 Å².